The van der Waals surface area contributed by atoms with Crippen molar-refractivity contribution in [3.05, 3.63) is 84.4 Å². The lowest BCUT2D eigenvalue weighted by molar-refractivity contribution is 0.402. The van der Waals surface area contributed by atoms with Crippen LogP contribution in [0.25, 0.3) is 0 Å². The molecule has 3 aromatic rings. The third-order valence-electron chi connectivity index (χ3n) is 6.07. The monoisotopic (exact) mass is 397 g/mol. The van der Waals surface area contributed by atoms with E-state index in [9.17, 15) is 0 Å². The number of nitrogens with zero attached hydrogens (tertiary/aromatic N) is 1. The Morgan fingerprint density at radius 1 is 0.767 bits per heavy atom. The smallest absolute Gasteiger partial charge is 0.132 e. The molecule has 2 N–H and O–H groups in total. The van der Waals surface area contributed by atoms with E-state index in [2.05, 4.69) is 41.0 Å². The average Bonchev–Trinajstić information content (AvgIpc) is 2.80. The fourth-order valence-electron chi connectivity index (χ4n) is 4.49. The molecule has 4 nitrogen and oxygen atoms in total. The van der Waals surface area contributed by atoms with Crippen molar-refractivity contribution in [3.63, 3.8) is 0 Å². The van der Waals surface area contributed by atoms with Gasteiger partial charge in [-0.2, -0.15) is 0 Å². The Morgan fingerprint density at radius 2 is 1.47 bits per heavy atom. The lowest BCUT2D eigenvalue weighted by Gasteiger charge is -2.44. The number of anilines is 2. The number of ether oxygens (including phenoxy) is 1. The number of benzene rings is 3. The summed E-state index contributed by atoms with van der Waals surface area (Å²) in [6.45, 7) is 0.580. The van der Waals surface area contributed by atoms with Gasteiger partial charge in [-0.25, -0.2) is 0 Å². The van der Waals surface area contributed by atoms with Crippen molar-refractivity contribution < 1.29 is 4.74 Å². The summed E-state index contributed by atoms with van der Waals surface area (Å²) in [5.74, 6) is 2.75. The normalized spacial score (nSPS) is 18.3. The van der Waals surface area contributed by atoms with Crippen LogP contribution in [-0.4, -0.2) is 11.4 Å². The Morgan fingerprint density at radius 3 is 2.30 bits per heavy atom. The Balaban J connectivity index is 1.44. The quantitative estimate of drug-likeness (QED) is 0.520. The zero-order valence-electron chi connectivity index (χ0n) is 17.1. The van der Waals surface area contributed by atoms with Crippen molar-refractivity contribution in [2.75, 3.05) is 10.6 Å². The molecule has 0 saturated heterocycles. The first-order valence-electron chi connectivity index (χ1n) is 10.8. The SMILES string of the molecule is c1ccc(Oc2ccccc2CN=C2Nc3ccccc3NC23CCCCC3)cc1. The van der Waals surface area contributed by atoms with E-state index in [-0.39, 0.29) is 5.54 Å². The molecular weight excluding hydrogens is 370 g/mol. The van der Waals surface area contributed by atoms with Crippen LogP contribution >= 0.6 is 0 Å². The molecule has 3 aromatic carbocycles. The van der Waals surface area contributed by atoms with Crippen molar-refractivity contribution in [1.29, 1.82) is 0 Å². The van der Waals surface area contributed by atoms with Crippen molar-refractivity contribution >= 4 is 17.2 Å². The molecule has 152 valence electrons. The third kappa shape index (κ3) is 3.78. The lowest BCUT2D eigenvalue weighted by atomic mass is 9.79. The number of fused-ring (bicyclic) bond motifs is 1. The predicted octanol–water partition coefficient (Wildman–Crippen LogP) is 6.62. The molecule has 1 saturated carbocycles. The number of para-hydroxylation sites is 4. The minimum absolute atomic E-state index is 0.0954. The Labute approximate surface area is 178 Å². The van der Waals surface area contributed by atoms with Crippen LogP contribution in [0.1, 0.15) is 37.7 Å². The van der Waals surface area contributed by atoms with Crippen LogP contribution in [0.5, 0.6) is 11.5 Å². The second-order valence-corrected chi connectivity index (χ2v) is 8.13. The summed E-state index contributed by atoms with van der Waals surface area (Å²) < 4.78 is 6.14. The minimum atomic E-state index is -0.0954. The first-order chi connectivity index (χ1) is 14.8. The Hall–Kier alpha value is -3.27. The molecule has 0 amide bonds. The van der Waals surface area contributed by atoms with E-state index in [4.69, 9.17) is 9.73 Å². The van der Waals surface area contributed by atoms with E-state index in [0.717, 1.165) is 41.4 Å². The second kappa shape index (κ2) is 8.23. The minimum Gasteiger partial charge on any atom is -0.457 e. The Bertz CT molecular complexity index is 1040. The molecule has 1 aliphatic heterocycles. The molecule has 4 heteroatoms. The van der Waals surface area contributed by atoms with Crippen LogP contribution in [-0.2, 0) is 6.54 Å². The van der Waals surface area contributed by atoms with E-state index >= 15 is 0 Å². The molecule has 1 aliphatic carbocycles. The molecule has 0 aromatic heterocycles. The maximum Gasteiger partial charge on any atom is 0.132 e. The molecule has 1 heterocycles. The van der Waals surface area contributed by atoms with Crippen LogP contribution in [0, 0.1) is 0 Å². The van der Waals surface area contributed by atoms with Gasteiger partial charge in [0.25, 0.3) is 0 Å². The van der Waals surface area contributed by atoms with Crippen molar-refractivity contribution in [2.24, 2.45) is 4.99 Å². The standard InChI is InChI=1S/C26H27N3O/c1-3-12-21(13-4-1)30-24-16-8-5-11-20(24)19-27-25-26(17-9-2-10-18-26)29-23-15-7-6-14-22(23)28-25/h1,3-8,11-16,29H,2,9-10,17-19H2,(H,27,28). The summed E-state index contributed by atoms with van der Waals surface area (Å²) >= 11 is 0. The molecule has 1 spiro atoms. The van der Waals surface area contributed by atoms with Gasteiger partial charge in [0.2, 0.25) is 0 Å². The first-order valence-corrected chi connectivity index (χ1v) is 10.8. The van der Waals surface area contributed by atoms with Crippen LogP contribution in [0.4, 0.5) is 11.4 Å². The van der Waals surface area contributed by atoms with Gasteiger partial charge in [0.1, 0.15) is 17.3 Å². The second-order valence-electron chi connectivity index (χ2n) is 8.13. The molecule has 0 unspecified atom stereocenters. The van der Waals surface area contributed by atoms with Crippen LogP contribution in [0.3, 0.4) is 0 Å². The highest BCUT2D eigenvalue weighted by Crippen LogP contribution is 2.39. The maximum atomic E-state index is 6.14. The molecule has 0 radical (unpaired) electrons. The molecule has 1 fully saturated rings. The molecule has 30 heavy (non-hydrogen) atoms. The molecule has 0 atom stereocenters. The van der Waals surface area contributed by atoms with E-state index in [1.165, 1.54) is 24.9 Å². The van der Waals surface area contributed by atoms with E-state index < -0.39 is 0 Å². The van der Waals surface area contributed by atoms with Gasteiger partial charge in [-0.3, -0.25) is 4.99 Å². The number of nitrogens with one attached hydrogen (secondary N) is 2. The van der Waals surface area contributed by atoms with Crippen molar-refractivity contribution in [1.82, 2.24) is 0 Å². The van der Waals surface area contributed by atoms with Gasteiger partial charge < -0.3 is 15.4 Å². The highest BCUT2D eigenvalue weighted by molar-refractivity contribution is 6.09. The number of amidine groups is 1. The maximum absolute atomic E-state index is 6.14. The highest BCUT2D eigenvalue weighted by atomic mass is 16.5. The summed E-state index contributed by atoms with van der Waals surface area (Å²) in [4.78, 5) is 5.09. The summed E-state index contributed by atoms with van der Waals surface area (Å²) in [6, 6.07) is 26.5. The molecule has 5 rings (SSSR count). The summed E-state index contributed by atoms with van der Waals surface area (Å²) in [5.41, 5.74) is 3.26. The zero-order valence-corrected chi connectivity index (χ0v) is 17.1. The van der Waals surface area contributed by atoms with Gasteiger partial charge >= 0.3 is 0 Å². The van der Waals surface area contributed by atoms with Gasteiger partial charge in [0.15, 0.2) is 0 Å². The first kappa shape index (κ1) is 18.7. The third-order valence-corrected chi connectivity index (χ3v) is 6.07. The average molecular weight is 398 g/mol. The van der Waals surface area contributed by atoms with E-state index in [1.54, 1.807) is 0 Å². The van der Waals surface area contributed by atoms with Gasteiger partial charge in [-0.05, 0) is 43.2 Å². The fourth-order valence-corrected chi connectivity index (χ4v) is 4.49. The predicted molar refractivity (Wildman–Crippen MR) is 124 cm³/mol. The highest BCUT2D eigenvalue weighted by Gasteiger charge is 2.40. The van der Waals surface area contributed by atoms with Crippen LogP contribution in [0.15, 0.2) is 83.9 Å². The van der Waals surface area contributed by atoms with Crippen LogP contribution in [0.2, 0.25) is 0 Å². The molecule has 2 aliphatic rings. The topological polar surface area (TPSA) is 45.6 Å². The van der Waals surface area contributed by atoms with Gasteiger partial charge in [-0.1, -0.05) is 67.8 Å². The number of hydrogen-bond acceptors (Lipinski definition) is 3. The van der Waals surface area contributed by atoms with E-state index in [1.807, 2.05) is 48.5 Å². The summed E-state index contributed by atoms with van der Waals surface area (Å²) in [6.07, 6.45) is 5.96. The fraction of sp³-hybridized carbons (Fsp3) is 0.269. The van der Waals surface area contributed by atoms with Crippen molar-refractivity contribution in [3.8, 4) is 11.5 Å². The molecular formula is C26H27N3O. The molecule has 0 bridgehead atoms. The van der Waals surface area contributed by atoms with Gasteiger partial charge in [-0.15, -0.1) is 0 Å². The number of aliphatic imine (C=N–C) groups is 1. The van der Waals surface area contributed by atoms with Gasteiger partial charge in [0, 0.05) is 5.56 Å². The summed E-state index contributed by atoms with van der Waals surface area (Å²) in [7, 11) is 0. The Kier molecular flexibility index (Phi) is 5.14. The van der Waals surface area contributed by atoms with Crippen LogP contribution < -0.4 is 15.4 Å². The van der Waals surface area contributed by atoms with Gasteiger partial charge in [0.05, 0.1) is 23.5 Å². The zero-order chi connectivity index (χ0) is 20.2. The lowest BCUT2D eigenvalue weighted by Crippen LogP contribution is -2.53. The number of rotatable bonds is 4. The number of hydrogen-bond donors (Lipinski definition) is 2. The van der Waals surface area contributed by atoms with E-state index in [0.29, 0.717) is 6.54 Å². The largest absolute Gasteiger partial charge is 0.457 e. The van der Waals surface area contributed by atoms with Crippen molar-refractivity contribution in [2.45, 2.75) is 44.2 Å². The summed E-state index contributed by atoms with van der Waals surface area (Å²) in [5, 5.41) is 7.47.